The number of fused-ring (bicyclic) bond motifs is 6. The number of hydrogen-bond acceptors (Lipinski definition) is 4. The molecular weight excluding hydrogens is 1030 g/mol. The van der Waals surface area contributed by atoms with Gasteiger partial charge in [-0.25, -0.2) is 0 Å². The highest BCUT2D eigenvalue weighted by Gasteiger charge is 2.21. The summed E-state index contributed by atoms with van der Waals surface area (Å²) in [6.07, 6.45) is 29.7. The smallest absolute Gasteiger partial charge is 0.0550 e. The van der Waals surface area contributed by atoms with Crippen LogP contribution in [0.1, 0.15) is 145 Å². The minimum absolute atomic E-state index is 0.809. The lowest BCUT2D eigenvalue weighted by Crippen LogP contribution is -2.28. The molecule has 4 heteroatoms. The highest BCUT2D eigenvalue weighted by atomic mass is 32.2. The van der Waals surface area contributed by atoms with Crippen molar-refractivity contribution in [2.45, 2.75) is 163 Å². The van der Waals surface area contributed by atoms with Gasteiger partial charge in [0.2, 0.25) is 0 Å². The third-order valence-corrected chi connectivity index (χ3v) is 18.9. The van der Waals surface area contributed by atoms with Crippen LogP contribution in [0.15, 0.2) is 220 Å². The van der Waals surface area contributed by atoms with Gasteiger partial charge in [-0.1, -0.05) is 260 Å². The monoisotopic (exact) mass is 1120 g/mol. The summed E-state index contributed by atoms with van der Waals surface area (Å²) in [5, 5.41) is 2.70. The Morgan fingerprint density at radius 3 is 1.39 bits per heavy atom. The summed E-state index contributed by atoms with van der Waals surface area (Å²) >= 11 is 3.69. The molecule has 0 aromatic heterocycles. The Morgan fingerprint density at radius 1 is 0.415 bits per heavy atom. The molecule has 0 bridgehead atoms. The molecule has 14 rings (SSSR count). The number of rotatable bonds is 2. The van der Waals surface area contributed by atoms with E-state index in [1.165, 1.54) is 182 Å². The summed E-state index contributed by atoms with van der Waals surface area (Å²) in [6.45, 7) is 12.9. The second kappa shape index (κ2) is 32.4. The summed E-state index contributed by atoms with van der Waals surface area (Å²) in [7, 11) is 4.24. The van der Waals surface area contributed by atoms with Crippen LogP contribution in [0.3, 0.4) is 0 Å². The van der Waals surface area contributed by atoms with E-state index in [2.05, 4.69) is 264 Å². The minimum atomic E-state index is 0.809. The van der Waals surface area contributed by atoms with Crippen molar-refractivity contribution >= 4 is 57.9 Å². The minimum Gasteiger partial charge on any atom is -0.343 e. The maximum atomic E-state index is 2.36. The third kappa shape index (κ3) is 17.1. The van der Waals surface area contributed by atoms with E-state index in [0.717, 1.165) is 11.8 Å². The quantitative estimate of drug-likeness (QED) is 0.159. The first-order valence-electron chi connectivity index (χ1n) is 30.9. The Hall–Kier alpha value is -6.46. The molecule has 4 aliphatic carbocycles. The zero-order valence-electron chi connectivity index (χ0n) is 50.7. The van der Waals surface area contributed by atoms with Crippen LogP contribution < -0.4 is 20.2 Å². The first kappa shape index (κ1) is 61.6. The van der Waals surface area contributed by atoms with Gasteiger partial charge in [-0.05, 0) is 175 Å². The molecule has 2 aliphatic heterocycles. The zero-order valence-corrected chi connectivity index (χ0v) is 52.3. The lowest BCUT2D eigenvalue weighted by atomic mass is 9.84. The van der Waals surface area contributed by atoms with E-state index in [0.29, 0.717) is 0 Å². The van der Waals surface area contributed by atoms with E-state index >= 15 is 0 Å². The lowest BCUT2D eigenvalue weighted by Gasteiger charge is -2.29. The fourth-order valence-electron chi connectivity index (χ4n) is 12.1. The largest absolute Gasteiger partial charge is 0.343 e. The predicted molar refractivity (Wildman–Crippen MR) is 361 cm³/mol. The van der Waals surface area contributed by atoms with E-state index in [1.807, 2.05) is 37.4 Å². The molecule has 82 heavy (non-hydrogen) atoms. The normalized spacial score (nSPS) is 15.5. The standard InChI is InChI=1S/C18H20.2C13H11NS.C13H13.C12H16.C7H14.C2H6/c1-3-7-15(8-4-1)17-11-13-18(14-12-17)16-9-5-2-6-10-16;2*1-14-10-6-2-4-8-12(10)15-13-9-5-3-7-11(13)14;1-10-6-3-4-8-12-9-5-7-11(2)13(10)12;1-10-6-5-8-11-7-3-2-4-9-12(10)11;1-7-5-3-2-4-6-7;1-2/h1,3-4,7-8,11-14,16H,2,5-6,9-10H2;2*2-9H,1H3;3-9H,1-2H3;5-6,8H,2-4,7,9H2,1H3;7H,2-6H2,1H3;1-2H3. The molecule has 0 unspecified atom stereocenters. The predicted octanol–water partition coefficient (Wildman–Crippen LogP) is 21.8. The van der Waals surface area contributed by atoms with Crippen molar-refractivity contribution in [3.63, 3.8) is 0 Å². The molecular formula is C78H91N2S2. The van der Waals surface area contributed by atoms with Crippen LogP contribution in [0.2, 0.25) is 0 Å². The molecule has 0 saturated heterocycles. The van der Waals surface area contributed by atoms with Crippen LogP contribution in [0.4, 0.5) is 22.7 Å². The van der Waals surface area contributed by atoms with Crippen LogP contribution in [0.25, 0.3) is 22.8 Å². The number of hydrogen-bond donors (Lipinski definition) is 0. The fraction of sp³-hybridized carbons (Fsp3) is 0.321. The summed E-state index contributed by atoms with van der Waals surface area (Å²) in [6, 6.07) is 67.1. The molecule has 2 saturated carbocycles. The summed E-state index contributed by atoms with van der Waals surface area (Å²) < 4.78 is 0. The Morgan fingerprint density at radius 2 is 0.866 bits per heavy atom. The van der Waals surface area contributed by atoms with Crippen LogP contribution in [0.5, 0.6) is 0 Å². The number of nitrogens with zero attached hydrogens (tertiary/aromatic N) is 2. The van der Waals surface area contributed by atoms with Gasteiger partial charge in [-0.15, -0.1) is 0 Å². The summed E-state index contributed by atoms with van der Waals surface area (Å²) in [5.74, 6) is 1.84. The maximum absolute atomic E-state index is 2.36. The van der Waals surface area contributed by atoms with Gasteiger partial charge >= 0.3 is 0 Å². The van der Waals surface area contributed by atoms with Crippen molar-refractivity contribution in [3.8, 4) is 11.1 Å². The molecule has 6 aliphatic rings. The SMILES string of the molecule is CC.CC1=c2c(C)cccc2=C[CH]C=C1.CC1CCCCC1.CN1c2ccccc2Sc2ccccc21.CN1c2ccccc2Sc2ccccc21.Cc1cccc2c1CCCCC2.c1ccc(-c2ccc(C3CCCCC3)cc2)cc1. The average molecular weight is 1120 g/mol. The van der Waals surface area contributed by atoms with Crippen LogP contribution in [-0.4, -0.2) is 14.1 Å². The highest BCUT2D eigenvalue weighted by Crippen LogP contribution is 2.48. The van der Waals surface area contributed by atoms with Crippen LogP contribution in [-0.2, 0) is 12.8 Å². The second-order valence-electron chi connectivity index (χ2n) is 22.5. The number of para-hydroxylation sites is 4. The van der Waals surface area contributed by atoms with Crippen molar-refractivity contribution in [1.82, 2.24) is 0 Å². The lowest BCUT2D eigenvalue weighted by molar-refractivity contribution is 0.385. The second-order valence-corrected chi connectivity index (χ2v) is 24.6. The van der Waals surface area contributed by atoms with E-state index in [4.69, 9.17) is 0 Å². The van der Waals surface area contributed by atoms with Crippen molar-refractivity contribution in [2.24, 2.45) is 5.92 Å². The van der Waals surface area contributed by atoms with E-state index in [1.54, 1.807) is 11.1 Å². The van der Waals surface area contributed by atoms with Gasteiger partial charge in [0.05, 0.1) is 22.7 Å². The first-order chi connectivity index (χ1) is 40.2. The Balaban J connectivity index is 0.000000130. The molecule has 425 valence electrons. The van der Waals surface area contributed by atoms with Crippen LogP contribution in [0, 0.1) is 26.2 Å². The molecule has 2 fully saturated rings. The molecule has 2 nitrogen and oxygen atoms in total. The van der Waals surface area contributed by atoms with Gasteiger partial charge in [0.1, 0.15) is 0 Å². The number of allylic oxidation sites excluding steroid dienone is 2. The maximum Gasteiger partial charge on any atom is 0.0550 e. The van der Waals surface area contributed by atoms with Crippen molar-refractivity contribution in [2.75, 3.05) is 23.9 Å². The van der Waals surface area contributed by atoms with Gasteiger partial charge in [0.25, 0.3) is 0 Å². The van der Waals surface area contributed by atoms with Gasteiger partial charge < -0.3 is 9.80 Å². The number of aryl methyl sites for hydroxylation is 3. The molecule has 0 atom stereocenters. The average Bonchev–Trinajstić information content (AvgIpc) is 4.02. The highest BCUT2D eigenvalue weighted by molar-refractivity contribution is 8.00. The van der Waals surface area contributed by atoms with Gasteiger partial charge in [0, 0.05) is 40.1 Å². The fourth-order valence-corrected chi connectivity index (χ4v) is 14.4. The van der Waals surface area contributed by atoms with Crippen molar-refractivity contribution in [3.05, 3.63) is 245 Å². The van der Waals surface area contributed by atoms with Gasteiger partial charge in [-0.3, -0.25) is 0 Å². The molecule has 1 radical (unpaired) electrons. The molecule has 8 aromatic rings. The summed E-state index contributed by atoms with van der Waals surface area (Å²) in [4.78, 5) is 9.83. The van der Waals surface area contributed by atoms with Gasteiger partial charge in [0.15, 0.2) is 0 Å². The number of anilines is 4. The Labute approximate surface area is 503 Å². The zero-order chi connectivity index (χ0) is 57.5. The van der Waals surface area contributed by atoms with Crippen molar-refractivity contribution in [1.29, 1.82) is 0 Å². The third-order valence-electron chi connectivity index (χ3n) is 16.6. The number of benzene rings is 8. The first-order valence-corrected chi connectivity index (χ1v) is 32.6. The molecule has 0 amide bonds. The molecule has 2 heterocycles. The van der Waals surface area contributed by atoms with E-state index in [-0.39, 0.29) is 0 Å². The molecule has 8 aromatic carbocycles. The molecule has 0 spiro atoms. The Kier molecular flexibility index (Phi) is 24.3. The van der Waals surface area contributed by atoms with Crippen LogP contribution >= 0.6 is 23.5 Å². The summed E-state index contributed by atoms with van der Waals surface area (Å²) in [5.41, 5.74) is 16.8. The van der Waals surface area contributed by atoms with E-state index in [9.17, 15) is 0 Å². The van der Waals surface area contributed by atoms with Gasteiger partial charge in [-0.2, -0.15) is 0 Å². The van der Waals surface area contributed by atoms with E-state index < -0.39 is 0 Å². The molecule has 0 N–H and O–H groups in total. The topological polar surface area (TPSA) is 6.48 Å². The Bertz CT molecular complexity index is 3190. The van der Waals surface area contributed by atoms with Crippen molar-refractivity contribution < 1.29 is 0 Å².